The minimum Gasteiger partial charge on any atom is -0.310 e. The Hall–Kier alpha value is -2.64. The van der Waals surface area contributed by atoms with Crippen LogP contribution in [0.1, 0.15) is 19.2 Å². The molecule has 1 aliphatic heterocycles. The summed E-state index contributed by atoms with van der Waals surface area (Å²) in [5, 5.41) is 1.04. The zero-order valence-electron chi connectivity index (χ0n) is 16.6. The Morgan fingerprint density at radius 1 is 1.24 bits per heavy atom. The molecule has 2 aromatic carbocycles. The van der Waals surface area contributed by atoms with E-state index >= 15 is 0 Å². The Morgan fingerprint density at radius 2 is 2.00 bits per heavy atom. The number of nitrogens with zero attached hydrogens (tertiary/aromatic N) is 3. The van der Waals surface area contributed by atoms with Crippen LogP contribution in [0.2, 0.25) is 0 Å². The summed E-state index contributed by atoms with van der Waals surface area (Å²) in [6.07, 6.45) is 0.953. The lowest BCUT2D eigenvalue weighted by Crippen LogP contribution is -2.40. The van der Waals surface area contributed by atoms with Gasteiger partial charge in [-0.25, -0.2) is 4.98 Å². The summed E-state index contributed by atoms with van der Waals surface area (Å²) >= 11 is 1.82. The van der Waals surface area contributed by atoms with Crippen LogP contribution in [-0.2, 0) is 11.3 Å². The number of para-hydroxylation sites is 2. The van der Waals surface area contributed by atoms with Gasteiger partial charge in [-0.2, -0.15) is 0 Å². The second-order valence-corrected chi connectivity index (χ2v) is 8.91. The molecule has 1 atom stereocenters. The first-order valence-corrected chi connectivity index (χ1v) is 10.6. The number of fused-ring (bicyclic) bond motifs is 2. The molecule has 29 heavy (non-hydrogen) atoms. The number of amides is 1. The molecule has 4 rings (SSSR count). The van der Waals surface area contributed by atoms with Crippen LogP contribution < -0.4 is 10.5 Å². The van der Waals surface area contributed by atoms with Crippen molar-refractivity contribution < 1.29 is 4.79 Å². The Labute approximate surface area is 173 Å². The van der Waals surface area contributed by atoms with Gasteiger partial charge in [0.15, 0.2) is 0 Å². The average Bonchev–Trinajstić information content (AvgIpc) is 2.86. The molecule has 2 heterocycles. The highest BCUT2D eigenvalue weighted by Gasteiger charge is 2.24. The zero-order valence-corrected chi connectivity index (χ0v) is 17.4. The highest BCUT2D eigenvalue weighted by atomic mass is 32.2. The van der Waals surface area contributed by atoms with E-state index in [2.05, 4.69) is 23.0 Å². The summed E-state index contributed by atoms with van der Waals surface area (Å²) in [4.78, 5) is 37.6. The molecule has 1 amide bonds. The predicted molar refractivity (Wildman–Crippen MR) is 117 cm³/mol. The number of benzene rings is 2. The van der Waals surface area contributed by atoms with Crippen molar-refractivity contribution in [2.75, 3.05) is 25.0 Å². The van der Waals surface area contributed by atoms with E-state index in [1.54, 1.807) is 6.07 Å². The number of aromatic amines is 1. The molecule has 3 aromatic rings. The second kappa shape index (κ2) is 8.39. The molecule has 0 radical (unpaired) electrons. The summed E-state index contributed by atoms with van der Waals surface area (Å²) in [5.74, 6) is 0.613. The third kappa shape index (κ3) is 4.36. The fourth-order valence-electron chi connectivity index (χ4n) is 3.58. The van der Waals surface area contributed by atoms with Crippen molar-refractivity contribution in [1.82, 2.24) is 14.9 Å². The molecule has 0 fully saturated rings. The zero-order chi connectivity index (χ0) is 20.4. The van der Waals surface area contributed by atoms with E-state index in [-0.39, 0.29) is 18.0 Å². The summed E-state index contributed by atoms with van der Waals surface area (Å²) < 4.78 is 0. The van der Waals surface area contributed by atoms with E-state index in [0.717, 1.165) is 17.0 Å². The van der Waals surface area contributed by atoms with Crippen LogP contribution in [0, 0.1) is 0 Å². The predicted octanol–water partition coefficient (Wildman–Crippen LogP) is 3.27. The van der Waals surface area contributed by atoms with Crippen LogP contribution >= 0.6 is 11.8 Å². The van der Waals surface area contributed by atoms with Gasteiger partial charge in [0, 0.05) is 16.7 Å². The van der Waals surface area contributed by atoms with Gasteiger partial charge in [-0.15, -0.1) is 11.8 Å². The van der Waals surface area contributed by atoms with Crippen molar-refractivity contribution in [3.05, 3.63) is 64.7 Å². The molecule has 0 aliphatic carbocycles. The van der Waals surface area contributed by atoms with Gasteiger partial charge in [0.1, 0.15) is 5.82 Å². The summed E-state index contributed by atoms with van der Waals surface area (Å²) in [6, 6.07) is 15.4. The number of H-pyrrole nitrogens is 1. The fourth-order valence-corrected chi connectivity index (χ4v) is 4.70. The summed E-state index contributed by atoms with van der Waals surface area (Å²) in [7, 11) is 1.87. The van der Waals surface area contributed by atoms with Crippen molar-refractivity contribution >= 4 is 34.3 Å². The average molecular weight is 409 g/mol. The molecule has 1 N–H and O–H groups in total. The Kier molecular flexibility index (Phi) is 5.69. The topological polar surface area (TPSA) is 69.3 Å². The number of anilines is 1. The standard InChI is InChI=1S/C22H24N4O2S/c1-15-11-12-26(18-9-5-6-10-19(18)29-15)21(27)14-25(2)13-20-23-17-8-4-3-7-16(17)22(28)24-20/h3-10,15H,11-14H2,1-2H3,(H,23,24,28)/t15-/m0/s1. The van der Waals surface area contributed by atoms with E-state index < -0.39 is 0 Å². The maximum Gasteiger partial charge on any atom is 0.258 e. The number of rotatable bonds is 4. The molecule has 0 unspecified atom stereocenters. The minimum atomic E-state index is -0.155. The maximum absolute atomic E-state index is 13.1. The molecule has 1 aliphatic rings. The van der Waals surface area contributed by atoms with Crippen molar-refractivity contribution in [3.63, 3.8) is 0 Å². The highest BCUT2D eigenvalue weighted by molar-refractivity contribution is 8.00. The van der Waals surface area contributed by atoms with Crippen LogP contribution in [-0.4, -0.2) is 46.2 Å². The van der Waals surface area contributed by atoms with Gasteiger partial charge >= 0.3 is 0 Å². The van der Waals surface area contributed by atoms with Crippen LogP contribution in [0.15, 0.2) is 58.2 Å². The summed E-state index contributed by atoms with van der Waals surface area (Å²) in [5.41, 5.74) is 1.49. The number of nitrogens with one attached hydrogen (secondary N) is 1. The highest BCUT2D eigenvalue weighted by Crippen LogP contribution is 2.37. The van der Waals surface area contributed by atoms with Crippen molar-refractivity contribution in [3.8, 4) is 0 Å². The van der Waals surface area contributed by atoms with Gasteiger partial charge in [-0.3, -0.25) is 14.5 Å². The van der Waals surface area contributed by atoms with E-state index in [1.165, 1.54) is 0 Å². The largest absolute Gasteiger partial charge is 0.310 e. The first-order chi connectivity index (χ1) is 14.0. The lowest BCUT2D eigenvalue weighted by atomic mass is 10.2. The van der Waals surface area contributed by atoms with Crippen molar-refractivity contribution in [2.45, 2.75) is 30.0 Å². The fraction of sp³-hybridized carbons (Fsp3) is 0.318. The molecule has 0 saturated carbocycles. The third-order valence-corrected chi connectivity index (χ3v) is 6.27. The third-order valence-electron chi connectivity index (χ3n) is 5.03. The van der Waals surface area contributed by atoms with Gasteiger partial charge in [0.05, 0.1) is 29.7 Å². The monoisotopic (exact) mass is 408 g/mol. The Balaban J connectivity index is 1.49. The van der Waals surface area contributed by atoms with E-state index in [0.29, 0.717) is 35.1 Å². The maximum atomic E-state index is 13.1. The number of likely N-dealkylation sites (N-methyl/N-ethyl adjacent to an activating group) is 1. The van der Waals surface area contributed by atoms with E-state index in [1.807, 2.05) is 65.0 Å². The van der Waals surface area contributed by atoms with Crippen LogP contribution in [0.5, 0.6) is 0 Å². The van der Waals surface area contributed by atoms with Crippen molar-refractivity contribution in [1.29, 1.82) is 0 Å². The van der Waals surface area contributed by atoms with Crippen LogP contribution in [0.25, 0.3) is 10.9 Å². The molecule has 1 aromatic heterocycles. The van der Waals surface area contributed by atoms with Gasteiger partial charge in [0.2, 0.25) is 5.91 Å². The van der Waals surface area contributed by atoms with Crippen LogP contribution in [0.3, 0.4) is 0 Å². The molecule has 0 bridgehead atoms. The molecule has 150 valence electrons. The lowest BCUT2D eigenvalue weighted by molar-refractivity contribution is -0.119. The molecule has 7 heteroatoms. The SMILES string of the molecule is C[C@H]1CCN(C(=O)CN(C)Cc2nc3ccccc3c(=O)[nH]2)c2ccccc2S1. The van der Waals surface area contributed by atoms with Gasteiger partial charge < -0.3 is 9.88 Å². The number of hydrogen-bond acceptors (Lipinski definition) is 5. The Morgan fingerprint density at radius 3 is 2.86 bits per heavy atom. The van der Waals surface area contributed by atoms with Crippen LogP contribution in [0.4, 0.5) is 5.69 Å². The number of aromatic nitrogens is 2. The number of carbonyl (C=O) groups is 1. The van der Waals surface area contributed by atoms with E-state index in [9.17, 15) is 9.59 Å². The van der Waals surface area contributed by atoms with Gasteiger partial charge in [0.25, 0.3) is 5.56 Å². The van der Waals surface area contributed by atoms with E-state index in [4.69, 9.17) is 0 Å². The molecular weight excluding hydrogens is 384 g/mol. The first-order valence-electron chi connectivity index (χ1n) is 9.74. The molecule has 0 spiro atoms. The second-order valence-electron chi connectivity index (χ2n) is 7.43. The molecule has 0 saturated heterocycles. The van der Waals surface area contributed by atoms with Crippen molar-refractivity contribution in [2.24, 2.45) is 0 Å². The summed E-state index contributed by atoms with van der Waals surface area (Å²) in [6.45, 7) is 3.56. The lowest BCUT2D eigenvalue weighted by Gasteiger charge is -2.25. The number of hydrogen-bond donors (Lipinski definition) is 1. The number of thioether (sulfide) groups is 1. The van der Waals surface area contributed by atoms with Gasteiger partial charge in [-0.1, -0.05) is 31.2 Å². The van der Waals surface area contributed by atoms with Gasteiger partial charge in [-0.05, 0) is 37.7 Å². The molecule has 6 nitrogen and oxygen atoms in total. The molecular formula is C22H24N4O2S. The normalized spacial score (nSPS) is 16.7. The number of carbonyl (C=O) groups excluding carboxylic acids is 1. The first kappa shape index (κ1) is 19.7. The smallest absolute Gasteiger partial charge is 0.258 e. The Bertz CT molecular complexity index is 1100. The quantitative estimate of drug-likeness (QED) is 0.718. The minimum absolute atomic E-state index is 0.0535.